The highest BCUT2D eigenvalue weighted by Gasteiger charge is 2.21. The number of allylic oxidation sites excluding steroid dienone is 1. The molecule has 0 fully saturated rings. The normalized spacial score (nSPS) is 14.0. The Kier molecular flexibility index (Phi) is 9.32. The molecule has 0 aromatic heterocycles. The fraction of sp³-hybridized carbons (Fsp3) is 0.571. The number of carbonyl (C=O) groups is 1. The number of hydrogen-bond donors (Lipinski definition) is 3. The number of aliphatic hydroxyl groups is 1. The second-order valence-electron chi connectivity index (χ2n) is 7.66. The van der Waals surface area contributed by atoms with Gasteiger partial charge >= 0.3 is 0 Å². The van der Waals surface area contributed by atoms with E-state index in [1.807, 2.05) is 65.0 Å². The predicted molar refractivity (Wildman–Crippen MR) is 108 cm³/mol. The van der Waals surface area contributed by atoms with Crippen LogP contribution in [0.1, 0.15) is 40.2 Å². The predicted octanol–water partition coefficient (Wildman–Crippen LogP) is 1.29. The van der Waals surface area contributed by atoms with Crippen molar-refractivity contribution in [2.75, 3.05) is 33.4 Å². The lowest BCUT2D eigenvalue weighted by molar-refractivity contribution is -0.893. The van der Waals surface area contributed by atoms with E-state index in [2.05, 4.69) is 5.32 Å². The topological polar surface area (TPSA) is 72.2 Å². The van der Waals surface area contributed by atoms with Crippen LogP contribution in [0.5, 0.6) is 11.5 Å². The molecule has 0 aliphatic carbocycles. The molecule has 152 valence electrons. The van der Waals surface area contributed by atoms with Gasteiger partial charge in [0.2, 0.25) is 0 Å². The number of likely N-dealkylation sites (N-methyl/N-ethyl adjacent to an activating group) is 1. The summed E-state index contributed by atoms with van der Waals surface area (Å²) < 4.78 is 11.1. The number of methoxy groups -OCH3 is 1. The number of nitrogens with one attached hydrogen (secondary N) is 2. The lowest BCUT2D eigenvalue weighted by Crippen LogP contribution is -3.14. The molecule has 1 unspecified atom stereocenters. The quantitative estimate of drug-likeness (QED) is 0.573. The van der Waals surface area contributed by atoms with Gasteiger partial charge in [0, 0.05) is 5.54 Å². The average Bonchev–Trinajstić information content (AvgIpc) is 2.58. The fourth-order valence-electron chi connectivity index (χ4n) is 2.71. The summed E-state index contributed by atoms with van der Waals surface area (Å²) in [7, 11) is 1.59. The van der Waals surface area contributed by atoms with Crippen molar-refractivity contribution in [2.45, 2.75) is 46.3 Å². The molecule has 0 heterocycles. The number of benzene rings is 1. The summed E-state index contributed by atoms with van der Waals surface area (Å²) >= 11 is 0. The molecule has 0 spiro atoms. The molecule has 0 saturated carbocycles. The summed E-state index contributed by atoms with van der Waals surface area (Å²) in [6, 6.07) is 5.66. The SMILES string of the molecule is C/C=C/c1ccc(OC[C@H](O)C[NH+](CC)CC(=O)NC(C)(C)C)c(OC)c1. The third-order valence-electron chi connectivity index (χ3n) is 3.93. The van der Waals surface area contributed by atoms with Crippen LogP contribution in [0.15, 0.2) is 24.3 Å². The maximum Gasteiger partial charge on any atom is 0.275 e. The van der Waals surface area contributed by atoms with Crippen molar-refractivity contribution in [3.8, 4) is 11.5 Å². The molecule has 2 atom stereocenters. The summed E-state index contributed by atoms with van der Waals surface area (Å²) in [5.41, 5.74) is 0.765. The molecule has 3 N–H and O–H groups in total. The molecule has 1 aromatic carbocycles. The highest BCUT2D eigenvalue weighted by molar-refractivity contribution is 5.77. The van der Waals surface area contributed by atoms with Crippen LogP contribution < -0.4 is 19.7 Å². The minimum Gasteiger partial charge on any atom is -0.493 e. The third kappa shape index (κ3) is 8.93. The van der Waals surface area contributed by atoms with Crippen LogP contribution in [-0.4, -0.2) is 56.0 Å². The van der Waals surface area contributed by atoms with E-state index in [0.29, 0.717) is 24.6 Å². The molecule has 1 rings (SSSR count). The second-order valence-corrected chi connectivity index (χ2v) is 7.66. The number of hydrogen-bond acceptors (Lipinski definition) is 4. The van der Waals surface area contributed by atoms with E-state index in [1.54, 1.807) is 7.11 Å². The van der Waals surface area contributed by atoms with Crippen LogP contribution in [-0.2, 0) is 4.79 Å². The van der Waals surface area contributed by atoms with Gasteiger partial charge in [-0.25, -0.2) is 0 Å². The molecule has 0 saturated heterocycles. The molecule has 27 heavy (non-hydrogen) atoms. The van der Waals surface area contributed by atoms with E-state index in [1.165, 1.54) is 0 Å². The van der Waals surface area contributed by atoms with Gasteiger partial charge in [0.05, 0.1) is 13.7 Å². The Bertz CT molecular complexity index is 623. The van der Waals surface area contributed by atoms with Gasteiger partial charge < -0.3 is 24.8 Å². The van der Waals surface area contributed by atoms with Crippen molar-refractivity contribution in [1.82, 2.24) is 5.32 Å². The zero-order valence-electron chi connectivity index (χ0n) is 17.5. The first-order valence-electron chi connectivity index (χ1n) is 9.44. The molecule has 0 bridgehead atoms. The smallest absolute Gasteiger partial charge is 0.275 e. The maximum absolute atomic E-state index is 12.1. The average molecular weight is 380 g/mol. The van der Waals surface area contributed by atoms with Crippen LogP contribution in [0.2, 0.25) is 0 Å². The Labute approximate surface area is 163 Å². The zero-order valence-corrected chi connectivity index (χ0v) is 17.5. The lowest BCUT2D eigenvalue weighted by Gasteiger charge is -2.24. The number of rotatable bonds is 10. The summed E-state index contributed by atoms with van der Waals surface area (Å²) in [6.45, 7) is 11.5. The fourth-order valence-corrected chi connectivity index (χ4v) is 2.71. The van der Waals surface area contributed by atoms with Crippen molar-refractivity contribution >= 4 is 12.0 Å². The van der Waals surface area contributed by atoms with Crippen molar-refractivity contribution < 1.29 is 24.3 Å². The lowest BCUT2D eigenvalue weighted by atomic mass is 10.1. The molecular weight excluding hydrogens is 344 g/mol. The maximum atomic E-state index is 12.1. The van der Waals surface area contributed by atoms with Crippen LogP contribution in [0.4, 0.5) is 0 Å². The largest absolute Gasteiger partial charge is 0.493 e. The van der Waals surface area contributed by atoms with Crippen molar-refractivity contribution in [2.24, 2.45) is 0 Å². The summed E-state index contributed by atoms with van der Waals surface area (Å²) in [5, 5.41) is 13.3. The Hall–Kier alpha value is -2.05. The van der Waals surface area contributed by atoms with E-state index in [0.717, 1.165) is 17.0 Å². The van der Waals surface area contributed by atoms with Gasteiger partial charge in [-0.3, -0.25) is 4.79 Å². The number of amides is 1. The Morgan fingerprint density at radius 3 is 2.59 bits per heavy atom. The van der Waals surface area contributed by atoms with Gasteiger partial charge in [0.25, 0.3) is 5.91 Å². The minimum absolute atomic E-state index is 0.0197. The van der Waals surface area contributed by atoms with Crippen molar-refractivity contribution in [1.29, 1.82) is 0 Å². The first-order chi connectivity index (χ1) is 12.7. The molecule has 0 aliphatic rings. The number of carbonyl (C=O) groups excluding carboxylic acids is 1. The van der Waals surface area contributed by atoms with Crippen LogP contribution in [0.25, 0.3) is 6.08 Å². The standard InChI is InChI=1S/C21H34N2O4/c1-7-9-16-10-11-18(19(12-16)26-6)27-15-17(24)13-23(8-2)14-20(25)22-21(3,4)5/h7,9-12,17,24H,8,13-15H2,1-6H3,(H,22,25)/p+1/b9-7+/t17-/m1/s1. The molecule has 0 aliphatic heterocycles. The van der Waals surface area contributed by atoms with Crippen molar-refractivity contribution in [3.63, 3.8) is 0 Å². The van der Waals surface area contributed by atoms with Gasteiger partial charge in [0.15, 0.2) is 18.0 Å². The molecule has 1 amide bonds. The number of quaternary nitrogens is 1. The zero-order chi connectivity index (χ0) is 20.4. The second kappa shape index (κ2) is 10.9. The van der Waals surface area contributed by atoms with Gasteiger partial charge in [-0.2, -0.15) is 0 Å². The molecular formula is C21H35N2O4+. The first-order valence-corrected chi connectivity index (χ1v) is 9.44. The summed E-state index contributed by atoms with van der Waals surface area (Å²) in [6.07, 6.45) is 3.26. The van der Waals surface area contributed by atoms with Crippen LogP contribution in [0, 0.1) is 0 Å². The molecule has 1 aromatic rings. The Morgan fingerprint density at radius 1 is 1.33 bits per heavy atom. The summed E-state index contributed by atoms with van der Waals surface area (Å²) in [5.74, 6) is 1.20. The number of aliphatic hydroxyl groups excluding tert-OH is 1. The van der Waals surface area contributed by atoms with Crippen LogP contribution >= 0.6 is 0 Å². The van der Waals surface area contributed by atoms with Gasteiger partial charge in [-0.05, 0) is 52.3 Å². The first kappa shape index (κ1) is 23.0. The van der Waals surface area contributed by atoms with E-state index in [4.69, 9.17) is 9.47 Å². The van der Waals surface area contributed by atoms with Gasteiger partial charge in [-0.1, -0.05) is 18.2 Å². The van der Waals surface area contributed by atoms with E-state index >= 15 is 0 Å². The number of ether oxygens (including phenoxy) is 2. The van der Waals surface area contributed by atoms with E-state index < -0.39 is 6.10 Å². The summed E-state index contributed by atoms with van der Waals surface area (Å²) in [4.78, 5) is 13.1. The molecule has 6 nitrogen and oxygen atoms in total. The van der Waals surface area contributed by atoms with E-state index in [9.17, 15) is 9.90 Å². The highest BCUT2D eigenvalue weighted by atomic mass is 16.5. The van der Waals surface area contributed by atoms with Crippen molar-refractivity contribution in [3.05, 3.63) is 29.8 Å². The minimum atomic E-state index is -0.678. The monoisotopic (exact) mass is 379 g/mol. The van der Waals surface area contributed by atoms with Gasteiger partial charge in [0.1, 0.15) is 19.3 Å². The Balaban J connectivity index is 2.58. The van der Waals surface area contributed by atoms with E-state index in [-0.39, 0.29) is 18.1 Å². The molecule has 6 heteroatoms. The van der Waals surface area contributed by atoms with Crippen LogP contribution in [0.3, 0.4) is 0 Å². The molecule has 0 radical (unpaired) electrons. The highest BCUT2D eigenvalue weighted by Crippen LogP contribution is 2.28. The van der Waals surface area contributed by atoms with Gasteiger partial charge in [-0.15, -0.1) is 0 Å². The third-order valence-corrected chi connectivity index (χ3v) is 3.93. The Morgan fingerprint density at radius 2 is 2.04 bits per heavy atom.